The molecule has 1 amide bonds. The molecule has 8 heteroatoms. The van der Waals surface area contributed by atoms with E-state index in [0.717, 1.165) is 38.5 Å². The first-order valence-corrected chi connectivity index (χ1v) is 11.4. The van der Waals surface area contributed by atoms with Gasteiger partial charge >= 0.3 is 5.97 Å². The number of piperidine rings is 1. The summed E-state index contributed by atoms with van der Waals surface area (Å²) in [5.41, 5.74) is 0.218. The molecule has 1 saturated carbocycles. The molecule has 0 spiro atoms. The number of nitrogens with zero attached hydrogens (tertiary/aromatic N) is 1. The molecule has 7 nitrogen and oxygen atoms in total. The Kier molecular flexibility index (Phi) is 6.40. The van der Waals surface area contributed by atoms with Crippen molar-refractivity contribution in [2.75, 3.05) is 6.54 Å². The maximum atomic E-state index is 12.7. The second kappa shape index (κ2) is 8.61. The lowest BCUT2D eigenvalue weighted by molar-refractivity contribution is -0.143. The second-order valence-corrected chi connectivity index (χ2v) is 9.27. The van der Waals surface area contributed by atoms with Crippen LogP contribution in [0.4, 0.5) is 0 Å². The summed E-state index contributed by atoms with van der Waals surface area (Å²) < 4.78 is 32.3. The van der Waals surface area contributed by atoms with Crippen molar-refractivity contribution in [1.82, 2.24) is 9.62 Å². The summed E-state index contributed by atoms with van der Waals surface area (Å²) in [4.78, 5) is 27.0. The SMILES string of the molecule is CCC1CCCCN1C(=O)C(C)OC(=O)c1ccc(S(=O)(=O)NC2CC2)cc1. The van der Waals surface area contributed by atoms with E-state index in [1.165, 1.54) is 24.3 Å². The molecule has 28 heavy (non-hydrogen) atoms. The van der Waals surface area contributed by atoms with Gasteiger partial charge in [-0.1, -0.05) is 6.92 Å². The topological polar surface area (TPSA) is 92.8 Å². The Hall–Kier alpha value is -1.93. The van der Waals surface area contributed by atoms with Gasteiger partial charge in [0.2, 0.25) is 10.0 Å². The quantitative estimate of drug-likeness (QED) is 0.700. The van der Waals surface area contributed by atoms with Gasteiger partial charge in [-0.05, 0) is 69.7 Å². The van der Waals surface area contributed by atoms with Crippen molar-refractivity contribution < 1.29 is 22.7 Å². The predicted molar refractivity (Wildman–Crippen MR) is 104 cm³/mol. The number of nitrogens with one attached hydrogen (secondary N) is 1. The van der Waals surface area contributed by atoms with Crippen LogP contribution in [0.2, 0.25) is 0 Å². The first-order valence-electron chi connectivity index (χ1n) is 9.95. The number of amides is 1. The number of carbonyl (C=O) groups excluding carboxylic acids is 2. The monoisotopic (exact) mass is 408 g/mol. The molecule has 0 aromatic heterocycles. The Morgan fingerprint density at radius 3 is 2.46 bits per heavy atom. The average molecular weight is 409 g/mol. The fraction of sp³-hybridized carbons (Fsp3) is 0.600. The van der Waals surface area contributed by atoms with Crippen LogP contribution in [0, 0.1) is 0 Å². The maximum absolute atomic E-state index is 12.7. The number of hydrogen-bond acceptors (Lipinski definition) is 5. The number of esters is 1. The van der Waals surface area contributed by atoms with Crippen LogP contribution < -0.4 is 4.72 Å². The summed E-state index contributed by atoms with van der Waals surface area (Å²) in [7, 11) is -3.56. The van der Waals surface area contributed by atoms with Crippen LogP contribution in [0.1, 0.15) is 62.7 Å². The smallest absolute Gasteiger partial charge is 0.338 e. The van der Waals surface area contributed by atoms with Gasteiger partial charge in [-0.15, -0.1) is 0 Å². The molecule has 0 radical (unpaired) electrons. The van der Waals surface area contributed by atoms with Crippen LogP contribution in [0.5, 0.6) is 0 Å². The Morgan fingerprint density at radius 2 is 1.86 bits per heavy atom. The molecular weight excluding hydrogens is 380 g/mol. The van der Waals surface area contributed by atoms with E-state index < -0.39 is 22.1 Å². The van der Waals surface area contributed by atoms with E-state index in [1.54, 1.807) is 6.92 Å². The Labute approximate surface area is 166 Å². The van der Waals surface area contributed by atoms with Gasteiger partial charge < -0.3 is 9.64 Å². The molecule has 2 unspecified atom stereocenters. The molecule has 0 bridgehead atoms. The highest BCUT2D eigenvalue weighted by Gasteiger charge is 2.31. The molecule has 3 rings (SSSR count). The largest absolute Gasteiger partial charge is 0.449 e. The van der Waals surface area contributed by atoms with Crippen molar-refractivity contribution in [1.29, 1.82) is 0 Å². The average Bonchev–Trinajstić information content (AvgIpc) is 3.50. The van der Waals surface area contributed by atoms with Gasteiger partial charge in [0.25, 0.3) is 5.91 Å². The summed E-state index contributed by atoms with van der Waals surface area (Å²) >= 11 is 0. The first-order chi connectivity index (χ1) is 13.3. The number of likely N-dealkylation sites (tertiary alicyclic amines) is 1. The maximum Gasteiger partial charge on any atom is 0.338 e. The van der Waals surface area contributed by atoms with E-state index in [2.05, 4.69) is 11.6 Å². The van der Waals surface area contributed by atoms with Crippen LogP contribution in [0.15, 0.2) is 29.2 Å². The molecule has 1 aromatic carbocycles. The van der Waals surface area contributed by atoms with Crippen molar-refractivity contribution >= 4 is 21.9 Å². The van der Waals surface area contributed by atoms with Crippen molar-refractivity contribution in [3.05, 3.63) is 29.8 Å². The number of hydrogen-bond donors (Lipinski definition) is 1. The standard InChI is InChI=1S/C20H28N2O5S/c1-3-17-6-4-5-13-22(17)19(23)14(2)27-20(24)15-7-11-18(12-8-15)28(25,26)21-16-9-10-16/h7-8,11-12,14,16-17,21H,3-6,9-10,13H2,1-2H3. The second-order valence-electron chi connectivity index (χ2n) is 7.56. The molecule has 154 valence electrons. The highest BCUT2D eigenvalue weighted by Crippen LogP contribution is 2.23. The van der Waals surface area contributed by atoms with Crippen molar-refractivity contribution in [2.45, 2.75) is 75.5 Å². The van der Waals surface area contributed by atoms with E-state index in [1.807, 2.05) is 4.90 Å². The summed E-state index contributed by atoms with van der Waals surface area (Å²) in [6.07, 6.45) is 4.77. The Balaban J connectivity index is 1.61. The summed E-state index contributed by atoms with van der Waals surface area (Å²) in [5, 5.41) is 0. The number of benzene rings is 1. The van der Waals surface area contributed by atoms with Crippen molar-refractivity contribution in [2.24, 2.45) is 0 Å². The summed E-state index contributed by atoms with van der Waals surface area (Å²) in [5.74, 6) is -0.808. The first kappa shape index (κ1) is 20.8. The Bertz CT molecular complexity index is 818. The van der Waals surface area contributed by atoms with Crippen LogP contribution in [-0.4, -0.2) is 49.9 Å². The lowest BCUT2D eigenvalue weighted by atomic mass is 9.99. The third-order valence-corrected chi connectivity index (χ3v) is 6.85. The minimum Gasteiger partial charge on any atom is -0.449 e. The van der Waals surface area contributed by atoms with E-state index in [9.17, 15) is 18.0 Å². The van der Waals surface area contributed by atoms with E-state index >= 15 is 0 Å². The van der Waals surface area contributed by atoms with E-state index in [0.29, 0.717) is 6.54 Å². The molecule has 1 N–H and O–H groups in total. The fourth-order valence-electron chi connectivity index (χ4n) is 3.49. The minimum atomic E-state index is -3.56. The van der Waals surface area contributed by atoms with Crippen LogP contribution in [0.3, 0.4) is 0 Å². The van der Waals surface area contributed by atoms with Gasteiger partial charge in [-0.2, -0.15) is 0 Å². The fourth-order valence-corrected chi connectivity index (χ4v) is 4.79. The number of sulfonamides is 1. The van der Waals surface area contributed by atoms with Crippen LogP contribution in [0.25, 0.3) is 0 Å². The number of rotatable bonds is 7. The van der Waals surface area contributed by atoms with Gasteiger partial charge in [0, 0.05) is 18.6 Å². The third kappa shape index (κ3) is 4.91. The molecule has 2 fully saturated rings. The molecule has 1 aromatic rings. The van der Waals surface area contributed by atoms with Gasteiger partial charge in [-0.3, -0.25) is 4.79 Å². The zero-order chi connectivity index (χ0) is 20.3. The highest BCUT2D eigenvalue weighted by molar-refractivity contribution is 7.89. The van der Waals surface area contributed by atoms with Gasteiger partial charge in [0.05, 0.1) is 10.5 Å². The Morgan fingerprint density at radius 1 is 1.18 bits per heavy atom. The summed E-state index contributed by atoms with van der Waals surface area (Å²) in [6, 6.07) is 5.80. The predicted octanol–water partition coefficient (Wildman–Crippen LogP) is 2.46. The molecule has 1 aliphatic heterocycles. The van der Waals surface area contributed by atoms with Crippen LogP contribution >= 0.6 is 0 Å². The van der Waals surface area contributed by atoms with Crippen molar-refractivity contribution in [3.8, 4) is 0 Å². The van der Waals surface area contributed by atoms with Gasteiger partial charge in [0.15, 0.2) is 6.10 Å². The highest BCUT2D eigenvalue weighted by atomic mass is 32.2. The number of carbonyl (C=O) groups is 2. The van der Waals surface area contributed by atoms with Crippen molar-refractivity contribution in [3.63, 3.8) is 0 Å². The van der Waals surface area contributed by atoms with E-state index in [4.69, 9.17) is 4.74 Å². The summed E-state index contributed by atoms with van der Waals surface area (Å²) in [6.45, 7) is 4.33. The zero-order valence-electron chi connectivity index (χ0n) is 16.4. The lowest BCUT2D eigenvalue weighted by Crippen LogP contribution is -2.48. The third-order valence-electron chi connectivity index (χ3n) is 5.31. The van der Waals surface area contributed by atoms with Gasteiger partial charge in [0.1, 0.15) is 0 Å². The molecule has 1 aliphatic carbocycles. The normalized spacial score (nSPS) is 21.2. The van der Waals surface area contributed by atoms with E-state index in [-0.39, 0.29) is 28.4 Å². The van der Waals surface area contributed by atoms with Gasteiger partial charge in [-0.25, -0.2) is 17.9 Å². The minimum absolute atomic E-state index is 0.0169. The zero-order valence-corrected chi connectivity index (χ0v) is 17.2. The molecular formula is C20H28N2O5S. The molecule has 1 saturated heterocycles. The lowest BCUT2D eigenvalue weighted by Gasteiger charge is -2.36. The van der Waals surface area contributed by atoms with Crippen LogP contribution in [-0.2, 0) is 19.6 Å². The molecule has 1 heterocycles. The number of ether oxygens (including phenoxy) is 1. The molecule has 2 atom stereocenters. The molecule has 2 aliphatic rings.